The number of aliphatic hydroxyl groups is 1. The third kappa shape index (κ3) is 3.61. The fourth-order valence-electron chi connectivity index (χ4n) is 9.19. The molecular formula is C27H45NO5. The second kappa shape index (κ2) is 8.46. The van der Waals surface area contributed by atoms with Crippen LogP contribution in [0.3, 0.4) is 0 Å². The fraction of sp³-hybridized carbons (Fsp3) is 0.963. The van der Waals surface area contributed by atoms with E-state index < -0.39 is 0 Å². The van der Waals surface area contributed by atoms with Gasteiger partial charge in [0.2, 0.25) is 0 Å². The van der Waals surface area contributed by atoms with Crippen LogP contribution in [0.5, 0.6) is 0 Å². The van der Waals surface area contributed by atoms with Crippen molar-refractivity contribution in [2.75, 3.05) is 7.11 Å². The highest BCUT2D eigenvalue weighted by atomic mass is 16.7. The molecule has 0 spiro atoms. The lowest BCUT2D eigenvalue weighted by molar-refractivity contribution is -0.247. The van der Waals surface area contributed by atoms with E-state index in [1.54, 1.807) is 0 Å². The number of fused-ring (bicyclic) bond motifs is 5. The summed E-state index contributed by atoms with van der Waals surface area (Å²) in [6, 6.07) is 0. The first-order valence-electron chi connectivity index (χ1n) is 13.5. The lowest BCUT2D eigenvalue weighted by atomic mass is 9.42. The highest BCUT2D eigenvalue weighted by molar-refractivity contribution is 5.74. The number of nitrogens with two attached hydrogens (primary N) is 1. The van der Waals surface area contributed by atoms with Crippen LogP contribution >= 0.6 is 0 Å². The minimum absolute atomic E-state index is 0.0560. The largest absolute Gasteiger partial charge is 0.469 e. The van der Waals surface area contributed by atoms with Gasteiger partial charge in [0.1, 0.15) is 0 Å². The number of carbonyl (C=O) groups is 1. The molecule has 0 amide bonds. The molecule has 11 atom stereocenters. The Morgan fingerprint density at radius 2 is 1.79 bits per heavy atom. The van der Waals surface area contributed by atoms with Crippen LogP contribution in [0, 0.1) is 34.5 Å². The molecule has 0 bridgehead atoms. The summed E-state index contributed by atoms with van der Waals surface area (Å²) in [7, 11) is 1.52. The first-order valence-corrected chi connectivity index (χ1v) is 13.5. The summed E-state index contributed by atoms with van der Waals surface area (Å²) < 4.78 is 17.6. The Kier molecular flexibility index (Phi) is 6.16. The number of hydrogen-bond donors (Lipinski definition) is 2. The van der Waals surface area contributed by atoms with Crippen molar-refractivity contribution in [2.24, 2.45) is 40.2 Å². The van der Waals surface area contributed by atoms with Crippen LogP contribution in [-0.2, 0) is 19.0 Å². The van der Waals surface area contributed by atoms with Crippen molar-refractivity contribution >= 4 is 5.97 Å². The van der Waals surface area contributed by atoms with Gasteiger partial charge in [0.05, 0.1) is 31.3 Å². The van der Waals surface area contributed by atoms with Gasteiger partial charge >= 0.3 is 5.97 Å². The lowest BCUT2D eigenvalue weighted by Gasteiger charge is -2.64. The number of rotatable bonds is 3. The lowest BCUT2D eigenvalue weighted by Crippen LogP contribution is -2.66. The maximum atomic E-state index is 12.6. The van der Waals surface area contributed by atoms with Gasteiger partial charge < -0.3 is 25.1 Å². The molecule has 6 nitrogen and oxygen atoms in total. The van der Waals surface area contributed by atoms with Gasteiger partial charge in [0.25, 0.3) is 0 Å². The third-order valence-electron chi connectivity index (χ3n) is 11.4. The van der Waals surface area contributed by atoms with Crippen molar-refractivity contribution in [1.29, 1.82) is 0 Å². The first kappa shape index (κ1) is 24.0. The minimum Gasteiger partial charge on any atom is -0.469 e. The van der Waals surface area contributed by atoms with Gasteiger partial charge in [-0.2, -0.15) is 0 Å². The van der Waals surface area contributed by atoms with Crippen molar-refractivity contribution in [1.82, 2.24) is 0 Å². The molecule has 5 rings (SSSR count). The maximum absolute atomic E-state index is 12.6. The number of esters is 1. The van der Waals surface area contributed by atoms with Gasteiger partial charge in [0.15, 0.2) is 6.29 Å². The van der Waals surface area contributed by atoms with E-state index in [-0.39, 0.29) is 47.4 Å². The van der Waals surface area contributed by atoms with E-state index in [1.165, 1.54) is 32.8 Å². The molecule has 4 aliphatic carbocycles. The van der Waals surface area contributed by atoms with E-state index in [0.29, 0.717) is 23.2 Å². The topological polar surface area (TPSA) is 91.0 Å². The zero-order valence-electron chi connectivity index (χ0n) is 21.1. The molecule has 188 valence electrons. The molecule has 0 aromatic carbocycles. The van der Waals surface area contributed by atoms with E-state index in [1.807, 2.05) is 6.92 Å². The van der Waals surface area contributed by atoms with E-state index in [2.05, 4.69) is 13.8 Å². The molecule has 1 aliphatic heterocycles. The van der Waals surface area contributed by atoms with Crippen LogP contribution in [0.25, 0.3) is 0 Å². The average Bonchev–Trinajstić information content (AvgIpc) is 3.07. The fourth-order valence-corrected chi connectivity index (χ4v) is 9.19. The summed E-state index contributed by atoms with van der Waals surface area (Å²) >= 11 is 0. The highest BCUT2D eigenvalue weighted by Gasteiger charge is 2.67. The Morgan fingerprint density at radius 1 is 1.00 bits per heavy atom. The second-order valence-electron chi connectivity index (χ2n) is 12.6. The summed E-state index contributed by atoms with van der Waals surface area (Å²) in [5.74, 6) is 1.67. The van der Waals surface area contributed by atoms with Crippen molar-refractivity contribution in [3.8, 4) is 0 Å². The SMILES string of the molecule is COC(=O)[C@@H]1CC[C@]2(N)[C@@H]3CC[C@@H]4CC(O[C@@H]5CCC(O)C(C)O5)CC[C@]4(C)[C@@H]3CC[C@]12C. The Balaban J connectivity index is 1.28. The molecule has 3 N–H and O–H groups in total. The Morgan fingerprint density at radius 3 is 2.52 bits per heavy atom. The van der Waals surface area contributed by atoms with Crippen LogP contribution < -0.4 is 5.73 Å². The van der Waals surface area contributed by atoms with Crippen molar-refractivity contribution < 1.29 is 24.1 Å². The average molecular weight is 464 g/mol. The molecule has 3 unspecified atom stereocenters. The van der Waals surface area contributed by atoms with Gasteiger partial charge in [-0.1, -0.05) is 13.8 Å². The van der Waals surface area contributed by atoms with Crippen molar-refractivity contribution in [3.63, 3.8) is 0 Å². The zero-order valence-corrected chi connectivity index (χ0v) is 21.1. The molecule has 6 heteroatoms. The first-order chi connectivity index (χ1) is 15.6. The summed E-state index contributed by atoms with van der Waals surface area (Å²) in [5, 5.41) is 9.95. The highest BCUT2D eigenvalue weighted by Crippen LogP contribution is 2.68. The van der Waals surface area contributed by atoms with E-state index in [9.17, 15) is 9.90 Å². The molecule has 1 heterocycles. The molecule has 5 aliphatic rings. The number of hydrogen-bond acceptors (Lipinski definition) is 6. The third-order valence-corrected chi connectivity index (χ3v) is 11.4. The van der Waals surface area contributed by atoms with Crippen LogP contribution in [0.1, 0.15) is 91.4 Å². The zero-order chi connectivity index (χ0) is 23.6. The number of aliphatic hydroxyl groups excluding tert-OH is 1. The molecule has 1 saturated heterocycles. The second-order valence-corrected chi connectivity index (χ2v) is 12.6. The Labute approximate surface area is 199 Å². The monoisotopic (exact) mass is 463 g/mol. The number of ether oxygens (including phenoxy) is 3. The van der Waals surface area contributed by atoms with Crippen LogP contribution in [0.15, 0.2) is 0 Å². The van der Waals surface area contributed by atoms with Gasteiger partial charge in [-0.25, -0.2) is 0 Å². The van der Waals surface area contributed by atoms with Gasteiger partial charge in [0, 0.05) is 12.0 Å². The molecule has 0 aromatic heterocycles. The quantitative estimate of drug-likeness (QED) is 0.482. The van der Waals surface area contributed by atoms with Gasteiger partial charge in [-0.05, 0) is 99.7 Å². The van der Waals surface area contributed by atoms with Crippen LogP contribution in [0.2, 0.25) is 0 Å². The normalized spacial score (nSPS) is 54.1. The predicted octanol–water partition coefficient (Wildman–Crippen LogP) is 4.17. The minimum atomic E-state index is -0.371. The molecule has 0 radical (unpaired) electrons. The standard InChI is InChI=1S/C27H45NO5/c1-16-22(29)7-8-23(32-16)33-18-9-12-25(2)17(15-18)5-6-20-19(25)10-13-26(3)21(24(30)31-4)11-14-27(20,26)28/h16-23,29H,5-15,28H2,1-4H3/t16?,17-,18?,19-,20-,21+,22?,23-,25+,26-,27+/m1/s1. The molecule has 4 saturated carbocycles. The summed E-state index contributed by atoms with van der Waals surface area (Å²) in [6.07, 6.45) is 10.9. The van der Waals surface area contributed by atoms with Gasteiger partial charge in [-0.15, -0.1) is 0 Å². The van der Waals surface area contributed by atoms with E-state index in [4.69, 9.17) is 19.9 Å². The predicted molar refractivity (Wildman–Crippen MR) is 125 cm³/mol. The van der Waals surface area contributed by atoms with Crippen LogP contribution in [-0.4, -0.2) is 48.3 Å². The molecular weight excluding hydrogens is 418 g/mol. The molecule has 0 aromatic rings. The van der Waals surface area contributed by atoms with E-state index >= 15 is 0 Å². The summed E-state index contributed by atoms with van der Waals surface area (Å²) in [6.45, 7) is 6.74. The number of carbonyl (C=O) groups excluding carboxylic acids is 1. The number of methoxy groups -OCH3 is 1. The summed E-state index contributed by atoms with van der Waals surface area (Å²) in [5.41, 5.74) is 7.22. The Bertz CT molecular complexity index is 761. The Hall–Kier alpha value is -0.690. The molecule has 5 fully saturated rings. The smallest absolute Gasteiger partial charge is 0.309 e. The van der Waals surface area contributed by atoms with Gasteiger partial charge in [-0.3, -0.25) is 4.79 Å². The van der Waals surface area contributed by atoms with Crippen molar-refractivity contribution in [2.45, 2.75) is 122 Å². The maximum Gasteiger partial charge on any atom is 0.309 e. The van der Waals surface area contributed by atoms with E-state index in [0.717, 1.165) is 44.9 Å². The summed E-state index contributed by atoms with van der Waals surface area (Å²) in [4.78, 5) is 12.6. The van der Waals surface area contributed by atoms with Crippen molar-refractivity contribution in [3.05, 3.63) is 0 Å². The van der Waals surface area contributed by atoms with Crippen LogP contribution in [0.4, 0.5) is 0 Å². The molecule has 33 heavy (non-hydrogen) atoms.